The number of nitrogens with zero attached hydrogens (tertiary/aromatic N) is 4. The van der Waals surface area contributed by atoms with Gasteiger partial charge < -0.3 is 9.64 Å². The van der Waals surface area contributed by atoms with Gasteiger partial charge in [-0.1, -0.05) is 0 Å². The highest BCUT2D eigenvalue weighted by atomic mass is 19.1. The Bertz CT molecular complexity index is 638. The number of piperazine rings is 1. The van der Waals surface area contributed by atoms with Crippen LogP contribution in [0.3, 0.4) is 0 Å². The average Bonchev–Trinajstić information content (AvgIpc) is 2.69. The van der Waals surface area contributed by atoms with Gasteiger partial charge in [-0.05, 0) is 38.1 Å². The van der Waals surface area contributed by atoms with Crippen LogP contribution < -0.4 is 4.90 Å². The Morgan fingerprint density at radius 1 is 1.22 bits per heavy atom. The van der Waals surface area contributed by atoms with Crippen molar-refractivity contribution < 1.29 is 13.9 Å². The number of anilines is 1. The molecule has 0 N–H and O–H groups in total. The molecular weight excluding hydrogens is 347 g/mol. The van der Waals surface area contributed by atoms with Crippen LogP contribution in [0.1, 0.15) is 20.3 Å². The van der Waals surface area contributed by atoms with Crippen molar-refractivity contribution in [1.29, 1.82) is 5.26 Å². The van der Waals surface area contributed by atoms with Crippen LogP contribution in [-0.2, 0) is 9.53 Å². The van der Waals surface area contributed by atoms with Gasteiger partial charge in [-0.2, -0.15) is 5.26 Å². The van der Waals surface area contributed by atoms with Crippen LogP contribution in [0.25, 0.3) is 0 Å². The predicted octanol–water partition coefficient (Wildman–Crippen LogP) is 2.11. The van der Waals surface area contributed by atoms with E-state index >= 15 is 0 Å². The molecule has 148 valence electrons. The molecule has 0 saturated carbocycles. The number of halogens is 1. The van der Waals surface area contributed by atoms with Crippen LogP contribution in [0.2, 0.25) is 0 Å². The number of rotatable bonds is 8. The summed E-state index contributed by atoms with van der Waals surface area (Å²) in [7, 11) is 1.71. The van der Waals surface area contributed by atoms with E-state index in [0.717, 1.165) is 26.2 Å². The molecule has 1 amide bonds. The minimum atomic E-state index is -0.346. The summed E-state index contributed by atoms with van der Waals surface area (Å²) in [6.45, 7) is 8.42. The monoisotopic (exact) mass is 376 g/mol. The molecule has 1 fully saturated rings. The number of nitriles is 1. The van der Waals surface area contributed by atoms with Crippen molar-refractivity contribution >= 4 is 11.6 Å². The van der Waals surface area contributed by atoms with Gasteiger partial charge >= 0.3 is 0 Å². The summed E-state index contributed by atoms with van der Waals surface area (Å²) in [5.41, 5.74) is 0.621. The number of ether oxygens (including phenoxy) is 1. The van der Waals surface area contributed by atoms with E-state index in [2.05, 4.69) is 22.8 Å². The first-order valence-corrected chi connectivity index (χ1v) is 9.38. The van der Waals surface area contributed by atoms with E-state index in [9.17, 15) is 9.18 Å². The van der Waals surface area contributed by atoms with E-state index in [4.69, 9.17) is 10.00 Å². The van der Waals surface area contributed by atoms with Gasteiger partial charge in [-0.3, -0.25) is 14.6 Å². The van der Waals surface area contributed by atoms with Crippen molar-refractivity contribution in [1.82, 2.24) is 9.80 Å². The molecule has 0 bridgehead atoms. The third-order valence-corrected chi connectivity index (χ3v) is 5.14. The summed E-state index contributed by atoms with van der Waals surface area (Å²) in [5, 5.41) is 8.93. The van der Waals surface area contributed by atoms with Crippen molar-refractivity contribution in [3.63, 3.8) is 0 Å². The molecule has 1 saturated heterocycles. The fourth-order valence-electron chi connectivity index (χ4n) is 3.44. The molecule has 1 aromatic rings. The Labute approximate surface area is 161 Å². The minimum Gasteiger partial charge on any atom is -0.383 e. The zero-order valence-corrected chi connectivity index (χ0v) is 16.4. The number of amides is 1. The smallest absolute Gasteiger partial charge is 0.244 e. The van der Waals surface area contributed by atoms with E-state index in [1.807, 2.05) is 6.92 Å². The van der Waals surface area contributed by atoms with Crippen LogP contribution in [0, 0.1) is 17.1 Å². The van der Waals surface area contributed by atoms with Crippen molar-refractivity contribution in [3.05, 3.63) is 30.1 Å². The van der Waals surface area contributed by atoms with Gasteiger partial charge in [-0.25, -0.2) is 4.39 Å². The molecule has 6 nitrogen and oxygen atoms in total. The second-order valence-corrected chi connectivity index (χ2v) is 6.93. The summed E-state index contributed by atoms with van der Waals surface area (Å²) < 4.78 is 18.5. The van der Waals surface area contributed by atoms with Crippen LogP contribution in [0.5, 0.6) is 0 Å². The van der Waals surface area contributed by atoms with E-state index in [1.165, 1.54) is 12.1 Å². The Hall–Kier alpha value is -2.01. The van der Waals surface area contributed by atoms with E-state index in [-0.39, 0.29) is 24.2 Å². The fraction of sp³-hybridized carbons (Fsp3) is 0.600. The molecule has 0 unspecified atom stereocenters. The largest absolute Gasteiger partial charge is 0.383 e. The normalized spacial score (nSPS) is 17.9. The number of benzene rings is 1. The highest BCUT2D eigenvalue weighted by Crippen LogP contribution is 2.19. The third-order valence-electron chi connectivity index (χ3n) is 5.14. The van der Waals surface area contributed by atoms with Crippen LogP contribution in [0.15, 0.2) is 24.3 Å². The van der Waals surface area contributed by atoms with Gasteiger partial charge in [-0.15, -0.1) is 0 Å². The van der Waals surface area contributed by atoms with Crippen LogP contribution in [0.4, 0.5) is 10.1 Å². The topological polar surface area (TPSA) is 59.8 Å². The molecular formula is C20H29FN4O2. The van der Waals surface area contributed by atoms with Crippen LogP contribution in [-0.4, -0.2) is 74.2 Å². The summed E-state index contributed by atoms with van der Waals surface area (Å²) in [6, 6.07) is 7.98. The number of hydrogen-bond donors (Lipinski definition) is 0. The Morgan fingerprint density at radius 3 is 2.37 bits per heavy atom. The fourth-order valence-corrected chi connectivity index (χ4v) is 3.44. The first-order valence-electron chi connectivity index (χ1n) is 9.38. The summed E-state index contributed by atoms with van der Waals surface area (Å²) in [5.74, 6) is -0.406. The zero-order valence-electron chi connectivity index (χ0n) is 16.4. The van der Waals surface area contributed by atoms with Crippen molar-refractivity contribution in [2.24, 2.45) is 0 Å². The van der Waals surface area contributed by atoms with Crippen molar-refractivity contribution in [2.45, 2.75) is 32.4 Å². The molecule has 0 radical (unpaired) electrons. The highest BCUT2D eigenvalue weighted by Gasteiger charge is 2.30. The Morgan fingerprint density at radius 2 is 1.81 bits per heavy atom. The van der Waals surface area contributed by atoms with Gasteiger partial charge in [0.2, 0.25) is 5.91 Å². The lowest BCUT2D eigenvalue weighted by Crippen LogP contribution is -2.56. The minimum absolute atomic E-state index is 0.0600. The van der Waals surface area contributed by atoms with E-state index in [1.54, 1.807) is 24.1 Å². The zero-order chi connectivity index (χ0) is 19.8. The molecule has 1 aliphatic heterocycles. The maximum absolute atomic E-state index is 13.2. The molecule has 2 rings (SSSR count). The molecule has 1 heterocycles. The summed E-state index contributed by atoms with van der Waals surface area (Å²) in [6.07, 6.45) is 0.234. The van der Waals surface area contributed by atoms with E-state index in [0.29, 0.717) is 24.9 Å². The summed E-state index contributed by atoms with van der Waals surface area (Å²) in [4.78, 5) is 19.2. The second-order valence-electron chi connectivity index (χ2n) is 6.93. The molecule has 0 aromatic heterocycles. The predicted molar refractivity (Wildman–Crippen MR) is 103 cm³/mol. The molecule has 0 aliphatic carbocycles. The standard InChI is InChI=1S/C20H29FN4O2/c1-16(15-27-3)23-11-13-24(14-12-23)17(2)20(26)25(10-4-9-22)19-7-5-18(21)6-8-19/h5-8,16-17H,4,10-15H2,1-3H3/t16-,17+/m0/s1. The Kier molecular flexibility index (Phi) is 8.17. The molecule has 2 atom stereocenters. The highest BCUT2D eigenvalue weighted by molar-refractivity contribution is 5.97. The first kappa shape index (κ1) is 21.3. The first-order chi connectivity index (χ1) is 13.0. The van der Waals surface area contributed by atoms with Gasteiger partial charge in [0.1, 0.15) is 5.82 Å². The maximum atomic E-state index is 13.2. The third kappa shape index (κ3) is 5.73. The average molecular weight is 376 g/mol. The summed E-state index contributed by atoms with van der Waals surface area (Å²) >= 11 is 0. The Balaban J connectivity index is 2.02. The molecule has 1 aromatic carbocycles. The van der Waals surface area contributed by atoms with Crippen molar-refractivity contribution in [2.75, 3.05) is 51.3 Å². The lowest BCUT2D eigenvalue weighted by atomic mass is 10.1. The number of methoxy groups -OCH3 is 1. The molecule has 1 aliphatic rings. The molecule has 7 heteroatoms. The number of hydrogen-bond acceptors (Lipinski definition) is 5. The van der Waals surface area contributed by atoms with Crippen molar-refractivity contribution in [3.8, 4) is 6.07 Å². The van der Waals surface area contributed by atoms with Crippen LogP contribution >= 0.6 is 0 Å². The molecule has 0 spiro atoms. The van der Waals surface area contributed by atoms with Gasteiger partial charge in [0, 0.05) is 51.6 Å². The maximum Gasteiger partial charge on any atom is 0.244 e. The lowest BCUT2D eigenvalue weighted by Gasteiger charge is -2.41. The van der Waals surface area contributed by atoms with E-state index < -0.39 is 0 Å². The number of carbonyl (C=O) groups is 1. The molecule has 27 heavy (non-hydrogen) atoms. The number of carbonyl (C=O) groups excluding carboxylic acids is 1. The van der Waals surface area contributed by atoms with Gasteiger partial charge in [0.05, 0.1) is 25.1 Å². The van der Waals surface area contributed by atoms with Gasteiger partial charge in [0.25, 0.3) is 0 Å². The van der Waals surface area contributed by atoms with Gasteiger partial charge in [0.15, 0.2) is 0 Å². The quantitative estimate of drug-likeness (QED) is 0.696. The SMILES string of the molecule is COC[C@H](C)N1CCN([C@H](C)C(=O)N(CCC#N)c2ccc(F)cc2)CC1. The second kappa shape index (κ2) is 10.4. The lowest BCUT2D eigenvalue weighted by molar-refractivity contribution is -0.124.